The van der Waals surface area contributed by atoms with Gasteiger partial charge in [0.05, 0.1) is 11.9 Å². The number of hydrogen-bond acceptors (Lipinski definition) is 5. The summed E-state index contributed by atoms with van der Waals surface area (Å²) < 4.78 is 32.7. The van der Waals surface area contributed by atoms with Gasteiger partial charge in [-0.3, -0.25) is 4.72 Å². The molecule has 1 amide bonds. The Hall–Kier alpha value is -1.80. The number of ether oxygens (including phenoxy) is 1. The molecule has 8 heteroatoms. The van der Waals surface area contributed by atoms with Crippen molar-refractivity contribution in [1.29, 1.82) is 0 Å². The van der Waals surface area contributed by atoms with Gasteiger partial charge >= 0.3 is 6.09 Å². The second-order valence-electron chi connectivity index (χ2n) is 9.07. The molecule has 7 nitrogen and oxygen atoms in total. The standard InChI is InChI=1S/C22H36N2O5S/c1-22(2,3)29-21(26)23-14-12-20(25)18-10-7-11-19(16-18)24-30(27,28)15-13-17-8-5-4-6-9-17/h7,10-11,16-17,20,24-25H,4-6,8-9,12-15H2,1-3H3,(H,23,26). The van der Waals surface area contributed by atoms with Gasteiger partial charge in [0.15, 0.2) is 0 Å². The highest BCUT2D eigenvalue weighted by Crippen LogP contribution is 2.27. The molecule has 170 valence electrons. The third kappa shape index (κ3) is 9.34. The highest BCUT2D eigenvalue weighted by molar-refractivity contribution is 7.92. The van der Waals surface area contributed by atoms with Gasteiger partial charge in [0, 0.05) is 12.2 Å². The Balaban J connectivity index is 1.83. The molecular formula is C22H36N2O5S. The molecule has 0 aromatic heterocycles. The number of amides is 1. The second kappa shape index (κ2) is 11.0. The van der Waals surface area contributed by atoms with Crippen LogP contribution in [0.25, 0.3) is 0 Å². The van der Waals surface area contributed by atoms with Crippen LogP contribution in [-0.4, -0.2) is 37.5 Å². The van der Waals surface area contributed by atoms with Crippen LogP contribution < -0.4 is 10.0 Å². The fraction of sp³-hybridized carbons (Fsp3) is 0.682. The minimum atomic E-state index is -3.43. The van der Waals surface area contributed by atoms with Crippen molar-refractivity contribution in [2.75, 3.05) is 17.0 Å². The normalized spacial score (nSPS) is 16.7. The van der Waals surface area contributed by atoms with Crippen molar-refractivity contribution in [3.63, 3.8) is 0 Å². The molecule has 1 saturated carbocycles. The first-order chi connectivity index (χ1) is 14.0. The molecule has 1 unspecified atom stereocenters. The van der Waals surface area contributed by atoms with Gasteiger partial charge in [0.25, 0.3) is 0 Å². The number of alkyl carbamates (subject to hydrolysis) is 1. The van der Waals surface area contributed by atoms with E-state index in [1.807, 2.05) is 0 Å². The number of aliphatic hydroxyl groups excluding tert-OH is 1. The van der Waals surface area contributed by atoms with E-state index in [0.29, 0.717) is 23.6 Å². The van der Waals surface area contributed by atoms with E-state index in [-0.39, 0.29) is 18.7 Å². The van der Waals surface area contributed by atoms with Gasteiger partial charge in [-0.05, 0) is 57.2 Å². The fourth-order valence-corrected chi connectivity index (χ4v) is 4.86. The molecular weight excluding hydrogens is 404 g/mol. The monoisotopic (exact) mass is 440 g/mol. The highest BCUT2D eigenvalue weighted by atomic mass is 32.2. The average Bonchev–Trinajstić information content (AvgIpc) is 2.66. The molecule has 1 aromatic rings. The van der Waals surface area contributed by atoms with E-state index < -0.39 is 27.8 Å². The summed E-state index contributed by atoms with van der Waals surface area (Å²) in [6.07, 6.45) is 5.50. The number of anilines is 1. The SMILES string of the molecule is CC(C)(C)OC(=O)NCCC(O)c1cccc(NS(=O)(=O)CCC2CCCCC2)c1. The highest BCUT2D eigenvalue weighted by Gasteiger charge is 2.19. The molecule has 0 aliphatic heterocycles. The van der Waals surface area contributed by atoms with E-state index in [1.54, 1.807) is 45.0 Å². The summed E-state index contributed by atoms with van der Waals surface area (Å²) >= 11 is 0. The number of hydrogen-bond donors (Lipinski definition) is 3. The van der Waals surface area contributed by atoms with E-state index in [9.17, 15) is 18.3 Å². The molecule has 0 saturated heterocycles. The Kier molecular flexibility index (Phi) is 8.97. The summed E-state index contributed by atoms with van der Waals surface area (Å²) in [6.45, 7) is 5.59. The predicted molar refractivity (Wildman–Crippen MR) is 119 cm³/mol. The largest absolute Gasteiger partial charge is 0.444 e. The van der Waals surface area contributed by atoms with Crippen LogP contribution in [0.1, 0.15) is 77.4 Å². The third-order valence-corrected chi connectivity index (χ3v) is 6.47. The van der Waals surface area contributed by atoms with Gasteiger partial charge in [-0.2, -0.15) is 0 Å². The quantitative estimate of drug-likeness (QED) is 0.530. The summed E-state index contributed by atoms with van der Waals surface area (Å²) in [4.78, 5) is 11.7. The Morgan fingerprint density at radius 2 is 1.93 bits per heavy atom. The molecule has 2 rings (SSSR count). The van der Waals surface area contributed by atoms with Crippen LogP contribution in [0.15, 0.2) is 24.3 Å². The zero-order valence-electron chi connectivity index (χ0n) is 18.3. The molecule has 30 heavy (non-hydrogen) atoms. The summed E-state index contributed by atoms with van der Waals surface area (Å²) in [5, 5.41) is 13.0. The molecule has 0 heterocycles. The van der Waals surface area contributed by atoms with Crippen LogP contribution in [0.4, 0.5) is 10.5 Å². The zero-order chi connectivity index (χ0) is 22.2. The van der Waals surface area contributed by atoms with Crippen molar-refractivity contribution in [3.05, 3.63) is 29.8 Å². The van der Waals surface area contributed by atoms with Gasteiger partial charge in [0.2, 0.25) is 10.0 Å². The maximum atomic E-state index is 12.4. The summed E-state index contributed by atoms with van der Waals surface area (Å²) in [7, 11) is -3.43. The van der Waals surface area contributed by atoms with Crippen molar-refractivity contribution in [1.82, 2.24) is 5.32 Å². The summed E-state index contributed by atoms with van der Waals surface area (Å²) in [5.74, 6) is 0.616. The fourth-order valence-electron chi connectivity index (χ4n) is 3.63. The van der Waals surface area contributed by atoms with Gasteiger partial charge in [-0.1, -0.05) is 44.2 Å². The molecule has 1 aliphatic carbocycles. The van der Waals surface area contributed by atoms with Crippen molar-refractivity contribution >= 4 is 21.8 Å². The van der Waals surface area contributed by atoms with Gasteiger partial charge < -0.3 is 15.2 Å². The van der Waals surface area contributed by atoms with Gasteiger partial charge in [-0.15, -0.1) is 0 Å². The lowest BCUT2D eigenvalue weighted by Gasteiger charge is -2.21. The lowest BCUT2D eigenvalue weighted by Crippen LogP contribution is -2.33. The predicted octanol–water partition coefficient (Wildman–Crippen LogP) is 4.35. The molecule has 1 aliphatic rings. The lowest BCUT2D eigenvalue weighted by molar-refractivity contribution is 0.0518. The Labute approximate surface area is 180 Å². The molecule has 1 fully saturated rings. The van der Waals surface area contributed by atoms with Crippen LogP contribution in [0, 0.1) is 5.92 Å². The first kappa shape index (κ1) is 24.5. The van der Waals surface area contributed by atoms with Crippen LogP contribution in [0.5, 0.6) is 0 Å². The van der Waals surface area contributed by atoms with E-state index in [2.05, 4.69) is 10.0 Å². The van der Waals surface area contributed by atoms with Crippen molar-refractivity contribution < 1.29 is 23.1 Å². The Morgan fingerprint density at radius 1 is 1.23 bits per heavy atom. The van der Waals surface area contributed by atoms with Crippen LogP contribution in [0.3, 0.4) is 0 Å². The van der Waals surface area contributed by atoms with Crippen LogP contribution in [-0.2, 0) is 14.8 Å². The Morgan fingerprint density at radius 3 is 2.60 bits per heavy atom. The maximum absolute atomic E-state index is 12.4. The Bertz CT molecular complexity index is 783. The van der Waals surface area contributed by atoms with Crippen LogP contribution in [0.2, 0.25) is 0 Å². The first-order valence-electron chi connectivity index (χ1n) is 10.8. The van der Waals surface area contributed by atoms with Crippen LogP contribution >= 0.6 is 0 Å². The first-order valence-corrected chi connectivity index (χ1v) is 12.4. The lowest BCUT2D eigenvalue weighted by atomic mass is 9.88. The van der Waals surface area contributed by atoms with Gasteiger partial charge in [0.1, 0.15) is 5.60 Å². The van der Waals surface area contributed by atoms with Crippen molar-refractivity contribution in [3.8, 4) is 0 Å². The molecule has 3 N–H and O–H groups in total. The van der Waals surface area contributed by atoms with Crippen molar-refractivity contribution in [2.24, 2.45) is 5.92 Å². The maximum Gasteiger partial charge on any atom is 0.407 e. The van der Waals surface area contributed by atoms with Crippen molar-refractivity contribution in [2.45, 2.75) is 77.4 Å². The number of benzene rings is 1. The number of carbonyl (C=O) groups is 1. The number of aliphatic hydroxyl groups is 1. The van der Waals surface area contributed by atoms with E-state index in [4.69, 9.17) is 4.74 Å². The molecule has 0 bridgehead atoms. The van der Waals surface area contributed by atoms with E-state index >= 15 is 0 Å². The topological polar surface area (TPSA) is 105 Å². The van der Waals surface area contributed by atoms with E-state index in [0.717, 1.165) is 12.8 Å². The van der Waals surface area contributed by atoms with Gasteiger partial charge in [-0.25, -0.2) is 13.2 Å². The average molecular weight is 441 g/mol. The molecule has 0 radical (unpaired) electrons. The molecule has 1 aromatic carbocycles. The number of sulfonamides is 1. The molecule has 0 spiro atoms. The van der Waals surface area contributed by atoms with E-state index in [1.165, 1.54) is 19.3 Å². The summed E-state index contributed by atoms with van der Waals surface area (Å²) in [5.41, 5.74) is 0.453. The minimum absolute atomic E-state index is 0.115. The smallest absolute Gasteiger partial charge is 0.407 e. The third-order valence-electron chi connectivity index (χ3n) is 5.15. The number of carbonyl (C=O) groups excluding carboxylic acids is 1. The summed E-state index contributed by atoms with van der Waals surface area (Å²) in [6, 6.07) is 6.75. The zero-order valence-corrected chi connectivity index (χ0v) is 19.1. The number of nitrogens with one attached hydrogen (secondary N) is 2. The number of rotatable bonds is 9. The molecule has 1 atom stereocenters. The minimum Gasteiger partial charge on any atom is -0.444 e. The second-order valence-corrected chi connectivity index (χ2v) is 10.9.